The molecule has 1 aromatic rings. The third-order valence-electron chi connectivity index (χ3n) is 1.84. The zero-order valence-electron chi connectivity index (χ0n) is 8.12. The van der Waals surface area contributed by atoms with Crippen molar-refractivity contribution in [3.8, 4) is 0 Å². The molecule has 0 aliphatic rings. The fourth-order valence-electron chi connectivity index (χ4n) is 1.14. The first-order valence-corrected chi connectivity index (χ1v) is 4.40. The monoisotopic (exact) mass is 194 g/mol. The van der Waals surface area contributed by atoms with E-state index in [0.29, 0.717) is 12.1 Å². The molecule has 0 aliphatic carbocycles. The van der Waals surface area contributed by atoms with Gasteiger partial charge in [-0.3, -0.25) is 9.63 Å². The Bertz CT molecular complexity index is 295. The summed E-state index contributed by atoms with van der Waals surface area (Å²) in [5.41, 5.74) is 9.36. The lowest BCUT2D eigenvalue weighted by molar-refractivity contribution is 0.0537. The van der Waals surface area contributed by atoms with Gasteiger partial charge in [0.15, 0.2) is 0 Å². The van der Waals surface area contributed by atoms with Gasteiger partial charge in [0.2, 0.25) is 0 Å². The Kier molecular flexibility index (Phi) is 4.10. The van der Waals surface area contributed by atoms with Crippen LogP contribution in [0.3, 0.4) is 0 Å². The van der Waals surface area contributed by atoms with Crippen LogP contribution in [-0.2, 0) is 11.3 Å². The maximum atomic E-state index is 11.3. The van der Waals surface area contributed by atoms with Gasteiger partial charge in [-0.05, 0) is 30.7 Å². The lowest BCUT2D eigenvalue weighted by Crippen LogP contribution is -2.21. The predicted octanol–water partition coefficient (Wildman–Crippen LogP) is 0.479. The molecule has 0 heterocycles. The van der Waals surface area contributed by atoms with Crippen LogP contribution in [0.2, 0.25) is 0 Å². The van der Waals surface area contributed by atoms with Crippen LogP contribution in [0.4, 0.5) is 0 Å². The Morgan fingerprint density at radius 1 is 1.43 bits per heavy atom. The third kappa shape index (κ3) is 2.83. The van der Waals surface area contributed by atoms with E-state index in [1.165, 1.54) is 7.11 Å². The summed E-state index contributed by atoms with van der Waals surface area (Å²) in [4.78, 5) is 15.8. The molecule has 1 aromatic carbocycles. The summed E-state index contributed by atoms with van der Waals surface area (Å²) in [7, 11) is 1.40. The molecule has 0 spiro atoms. The van der Waals surface area contributed by atoms with Crippen molar-refractivity contribution in [3.63, 3.8) is 0 Å². The minimum absolute atomic E-state index is 0.244. The van der Waals surface area contributed by atoms with E-state index in [0.717, 1.165) is 12.0 Å². The number of hydroxylamine groups is 1. The van der Waals surface area contributed by atoms with Gasteiger partial charge in [-0.2, -0.15) is 0 Å². The van der Waals surface area contributed by atoms with Crippen molar-refractivity contribution < 1.29 is 9.63 Å². The number of carbonyl (C=O) groups excluding carboxylic acids is 1. The Labute approximate surface area is 83.0 Å². The Morgan fingerprint density at radius 2 is 2.07 bits per heavy atom. The molecule has 76 valence electrons. The number of hydrogen-bond donors (Lipinski definition) is 2. The van der Waals surface area contributed by atoms with E-state index in [1.54, 1.807) is 12.1 Å². The summed E-state index contributed by atoms with van der Waals surface area (Å²) in [6.07, 6.45) is 0.826. The summed E-state index contributed by atoms with van der Waals surface area (Å²) in [5, 5.41) is 0. The first-order chi connectivity index (χ1) is 6.77. The van der Waals surface area contributed by atoms with Gasteiger partial charge in [-0.1, -0.05) is 12.1 Å². The molecule has 4 heteroatoms. The lowest BCUT2D eigenvalue weighted by atomic mass is 10.1. The molecule has 0 aliphatic heterocycles. The van der Waals surface area contributed by atoms with Gasteiger partial charge in [0.05, 0.1) is 7.11 Å². The van der Waals surface area contributed by atoms with Gasteiger partial charge in [0.1, 0.15) is 0 Å². The average molecular weight is 194 g/mol. The molecule has 0 fully saturated rings. The topological polar surface area (TPSA) is 64.3 Å². The summed E-state index contributed by atoms with van der Waals surface area (Å²) in [5.74, 6) is -0.244. The van der Waals surface area contributed by atoms with E-state index in [1.807, 2.05) is 12.1 Å². The molecule has 4 nitrogen and oxygen atoms in total. The van der Waals surface area contributed by atoms with Crippen LogP contribution in [0.15, 0.2) is 24.3 Å². The van der Waals surface area contributed by atoms with Crippen LogP contribution in [0, 0.1) is 0 Å². The van der Waals surface area contributed by atoms with Crippen molar-refractivity contribution in [3.05, 3.63) is 35.4 Å². The number of carbonyl (C=O) groups is 1. The molecule has 3 N–H and O–H groups in total. The quantitative estimate of drug-likeness (QED) is 0.685. The standard InChI is InChI=1S/C10H14N2O2/c1-14-12-10(13)9-4-2-8(3-5-9)6-7-11/h2-5H,6-7,11H2,1H3,(H,12,13). The Hall–Kier alpha value is -1.39. The van der Waals surface area contributed by atoms with E-state index >= 15 is 0 Å². The van der Waals surface area contributed by atoms with Crippen LogP contribution < -0.4 is 11.2 Å². The molecule has 1 amide bonds. The normalized spacial score (nSPS) is 9.86. The smallest absolute Gasteiger partial charge is 0.274 e. The molecule has 14 heavy (non-hydrogen) atoms. The molecule has 0 bridgehead atoms. The van der Waals surface area contributed by atoms with E-state index in [4.69, 9.17) is 5.73 Å². The van der Waals surface area contributed by atoms with Gasteiger partial charge < -0.3 is 5.73 Å². The van der Waals surface area contributed by atoms with Crippen molar-refractivity contribution in [1.29, 1.82) is 0 Å². The molecule has 0 saturated carbocycles. The summed E-state index contributed by atoms with van der Waals surface area (Å²) < 4.78 is 0. The summed E-state index contributed by atoms with van der Waals surface area (Å²) >= 11 is 0. The number of rotatable bonds is 4. The average Bonchev–Trinajstić information content (AvgIpc) is 2.20. The number of nitrogens with two attached hydrogens (primary N) is 1. The first kappa shape index (κ1) is 10.7. The second kappa shape index (κ2) is 5.36. The van der Waals surface area contributed by atoms with Crippen LogP contribution in [0.1, 0.15) is 15.9 Å². The zero-order valence-corrected chi connectivity index (χ0v) is 8.12. The first-order valence-electron chi connectivity index (χ1n) is 4.40. The Morgan fingerprint density at radius 3 is 2.57 bits per heavy atom. The van der Waals surface area contributed by atoms with Crippen molar-refractivity contribution in [2.45, 2.75) is 6.42 Å². The van der Waals surface area contributed by atoms with Crippen LogP contribution in [0.25, 0.3) is 0 Å². The van der Waals surface area contributed by atoms with Crippen molar-refractivity contribution >= 4 is 5.91 Å². The molecular weight excluding hydrogens is 180 g/mol. The second-order valence-corrected chi connectivity index (χ2v) is 2.87. The Balaban J connectivity index is 2.67. The zero-order chi connectivity index (χ0) is 10.4. The summed E-state index contributed by atoms with van der Waals surface area (Å²) in [6.45, 7) is 0.615. The molecular formula is C10H14N2O2. The maximum absolute atomic E-state index is 11.3. The third-order valence-corrected chi connectivity index (χ3v) is 1.84. The second-order valence-electron chi connectivity index (χ2n) is 2.87. The van der Waals surface area contributed by atoms with Gasteiger partial charge in [-0.15, -0.1) is 0 Å². The molecule has 0 radical (unpaired) electrons. The number of amides is 1. The lowest BCUT2D eigenvalue weighted by Gasteiger charge is -2.03. The van der Waals surface area contributed by atoms with Crippen molar-refractivity contribution in [2.75, 3.05) is 13.7 Å². The largest absolute Gasteiger partial charge is 0.330 e. The van der Waals surface area contributed by atoms with Crippen LogP contribution >= 0.6 is 0 Å². The van der Waals surface area contributed by atoms with Gasteiger partial charge in [-0.25, -0.2) is 5.48 Å². The van der Waals surface area contributed by atoms with E-state index in [2.05, 4.69) is 10.3 Å². The molecule has 0 aromatic heterocycles. The highest BCUT2D eigenvalue weighted by Gasteiger charge is 2.03. The SMILES string of the molecule is CONC(=O)c1ccc(CCN)cc1. The van der Waals surface area contributed by atoms with Crippen LogP contribution in [-0.4, -0.2) is 19.6 Å². The van der Waals surface area contributed by atoms with E-state index < -0.39 is 0 Å². The minimum Gasteiger partial charge on any atom is -0.330 e. The maximum Gasteiger partial charge on any atom is 0.274 e. The van der Waals surface area contributed by atoms with Crippen LogP contribution in [0.5, 0.6) is 0 Å². The number of benzene rings is 1. The van der Waals surface area contributed by atoms with Gasteiger partial charge >= 0.3 is 0 Å². The highest BCUT2D eigenvalue weighted by Crippen LogP contribution is 2.04. The fourth-order valence-corrected chi connectivity index (χ4v) is 1.14. The van der Waals surface area contributed by atoms with Gasteiger partial charge in [0, 0.05) is 5.56 Å². The van der Waals surface area contributed by atoms with Crippen molar-refractivity contribution in [2.24, 2.45) is 5.73 Å². The molecule has 0 atom stereocenters. The van der Waals surface area contributed by atoms with Gasteiger partial charge in [0.25, 0.3) is 5.91 Å². The number of nitrogens with one attached hydrogen (secondary N) is 1. The fraction of sp³-hybridized carbons (Fsp3) is 0.300. The molecule has 0 saturated heterocycles. The number of hydrogen-bond acceptors (Lipinski definition) is 3. The predicted molar refractivity (Wildman–Crippen MR) is 53.7 cm³/mol. The molecule has 0 unspecified atom stereocenters. The highest BCUT2D eigenvalue weighted by molar-refractivity contribution is 5.93. The minimum atomic E-state index is -0.244. The molecule has 1 rings (SSSR count). The van der Waals surface area contributed by atoms with Crippen molar-refractivity contribution in [1.82, 2.24) is 5.48 Å². The van der Waals surface area contributed by atoms with E-state index in [-0.39, 0.29) is 5.91 Å². The highest BCUT2D eigenvalue weighted by atomic mass is 16.6. The summed E-state index contributed by atoms with van der Waals surface area (Å²) in [6, 6.07) is 7.27. The van der Waals surface area contributed by atoms with E-state index in [9.17, 15) is 4.79 Å².